The first-order chi connectivity index (χ1) is 13.0. The number of aryl methyl sites for hydroxylation is 1. The van der Waals surface area contributed by atoms with Crippen LogP contribution in [-0.4, -0.2) is 31.1 Å². The number of rotatable bonds is 7. The van der Waals surface area contributed by atoms with Crippen LogP contribution in [0.1, 0.15) is 37.8 Å². The standard InChI is InChI=1S/C20H23NO6/c1-3-12(2)21-18(22)10-26-19(23)11-25-13-7-8-15-14-5-4-6-16(14)20(24)27-17(15)9-13/h7-9,12H,3-6,10-11H2,1-2H3,(H,21,22)/t12-/m1/s1. The van der Waals surface area contributed by atoms with Crippen molar-refractivity contribution in [3.05, 3.63) is 39.7 Å². The first kappa shape index (κ1) is 18.9. The van der Waals surface area contributed by atoms with Crippen molar-refractivity contribution in [2.24, 2.45) is 0 Å². The third-order valence-electron chi connectivity index (χ3n) is 4.69. The van der Waals surface area contributed by atoms with Crippen LogP contribution in [0.3, 0.4) is 0 Å². The average molecular weight is 373 g/mol. The first-order valence-electron chi connectivity index (χ1n) is 9.14. The van der Waals surface area contributed by atoms with Crippen LogP contribution >= 0.6 is 0 Å². The van der Waals surface area contributed by atoms with Crippen molar-refractivity contribution in [2.45, 2.75) is 45.6 Å². The van der Waals surface area contributed by atoms with E-state index in [1.807, 2.05) is 19.9 Å². The second-order valence-electron chi connectivity index (χ2n) is 6.68. The van der Waals surface area contributed by atoms with Gasteiger partial charge in [-0.05, 0) is 50.3 Å². The number of carbonyl (C=O) groups is 2. The molecule has 7 heteroatoms. The highest BCUT2D eigenvalue weighted by Crippen LogP contribution is 2.29. The monoisotopic (exact) mass is 373 g/mol. The number of benzene rings is 1. The van der Waals surface area contributed by atoms with Crippen LogP contribution in [0.25, 0.3) is 11.0 Å². The Balaban J connectivity index is 1.57. The second kappa shape index (κ2) is 8.24. The number of nitrogens with one attached hydrogen (secondary N) is 1. The molecular formula is C20H23NO6. The van der Waals surface area contributed by atoms with Crippen LogP contribution in [-0.2, 0) is 27.2 Å². The van der Waals surface area contributed by atoms with Gasteiger partial charge in [-0.3, -0.25) is 4.79 Å². The molecule has 144 valence electrons. The zero-order valence-electron chi connectivity index (χ0n) is 15.5. The fourth-order valence-corrected chi connectivity index (χ4v) is 3.10. The van der Waals surface area contributed by atoms with Crippen molar-refractivity contribution in [2.75, 3.05) is 13.2 Å². The lowest BCUT2D eigenvalue weighted by Gasteiger charge is -2.12. The SMILES string of the molecule is CC[C@@H](C)NC(=O)COC(=O)COc1ccc2c3c(c(=O)oc2c1)CCC3. The van der Waals surface area contributed by atoms with Crippen molar-refractivity contribution in [1.29, 1.82) is 0 Å². The summed E-state index contributed by atoms with van der Waals surface area (Å²) in [6.07, 6.45) is 3.36. The quantitative estimate of drug-likeness (QED) is 0.590. The van der Waals surface area contributed by atoms with E-state index in [0.717, 1.165) is 42.2 Å². The predicted molar refractivity (Wildman–Crippen MR) is 98.9 cm³/mol. The molecule has 2 aromatic rings. The molecule has 1 aliphatic rings. The number of ether oxygens (including phenoxy) is 2. The zero-order valence-corrected chi connectivity index (χ0v) is 15.5. The van der Waals surface area contributed by atoms with Crippen LogP contribution in [0.4, 0.5) is 0 Å². The van der Waals surface area contributed by atoms with Gasteiger partial charge >= 0.3 is 11.6 Å². The van der Waals surface area contributed by atoms with Gasteiger partial charge in [0.15, 0.2) is 13.2 Å². The smallest absolute Gasteiger partial charge is 0.344 e. The molecule has 0 saturated carbocycles. The summed E-state index contributed by atoms with van der Waals surface area (Å²) in [5.74, 6) is -0.603. The molecule has 1 aliphatic carbocycles. The van der Waals surface area contributed by atoms with E-state index in [1.54, 1.807) is 12.1 Å². The largest absolute Gasteiger partial charge is 0.482 e. The Labute approximate surface area is 156 Å². The molecule has 0 unspecified atom stereocenters. The molecule has 27 heavy (non-hydrogen) atoms. The summed E-state index contributed by atoms with van der Waals surface area (Å²) in [5.41, 5.74) is 1.94. The summed E-state index contributed by atoms with van der Waals surface area (Å²) < 4.78 is 15.7. The second-order valence-corrected chi connectivity index (χ2v) is 6.68. The molecule has 1 atom stereocenters. The summed E-state index contributed by atoms with van der Waals surface area (Å²) in [7, 11) is 0. The Bertz CT molecular complexity index is 917. The van der Waals surface area contributed by atoms with Crippen molar-refractivity contribution in [3.63, 3.8) is 0 Å². The number of fused-ring (bicyclic) bond motifs is 3. The Hall–Kier alpha value is -2.83. The van der Waals surface area contributed by atoms with E-state index in [4.69, 9.17) is 13.9 Å². The van der Waals surface area contributed by atoms with E-state index in [-0.39, 0.29) is 30.8 Å². The molecule has 0 saturated heterocycles. The number of hydrogen-bond donors (Lipinski definition) is 1. The van der Waals surface area contributed by atoms with E-state index >= 15 is 0 Å². The molecule has 1 N–H and O–H groups in total. The highest BCUT2D eigenvalue weighted by Gasteiger charge is 2.19. The minimum Gasteiger partial charge on any atom is -0.482 e. The number of hydrogen-bond acceptors (Lipinski definition) is 6. The van der Waals surface area contributed by atoms with Gasteiger partial charge in [-0.1, -0.05) is 6.92 Å². The zero-order chi connectivity index (χ0) is 19.4. The molecule has 0 spiro atoms. The van der Waals surface area contributed by atoms with Gasteiger partial charge in [0.25, 0.3) is 5.91 Å². The maximum Gasteiger partial charge on any atom is 0.344 e. The summed E-state index contributed by atoms with van der Waals surface area (Å²) in [5, 5.41) is 3.61. The van der Waals surface area contributed by atoms with E-state index in [0.29, 0.717) is 11.3 Å². The van der Waals surface area contributed by atoms with Gasteiger partial charge in [-0.25, -0.2) is 9.59 Å². The van der Waals surface area contributed by atoms with Gasteiger partial charge in [0.1, 0.15) is 11.3 Å². The minimum absolute atomic E-state index is 0.0288. The number of amides is 1. The molecule has 0 radical (unpaired) electrons. The summed E-state index contributed by atoms with van der Waals surface area (Å²) in [6, 6.07) is 5.19. The van der Waals surface area contributed by atoms with Crippen LogP contribution in [0.5, 0.6) is 5.75 Å². The molecule has 3 rings (SSSR count). The maximum atomic E-state index is 12.0. The van der Waals surface area contributed by atoms with Crippen molar-refractivity contribution >= 4 is 22.8 Å². The molecule has 7 nitrogen and oxygen atoms in total. The Morgan fingerprint density at radius 3 is 2.78 bits per heavy atom. The van der Waals surface area contributed by atoms with Crippen LogP contribution in [0, 0.1) is 0 Å². The van der Waals surface area contributed by atoms with Crippen molar-refractivity contribution in [3.8, 4) is 5.75 Å². The van der Waals surface area contributed by atoms with Gasteiger partial charge in [0.2, 0.25) is 0 Å². The minimum atomic E-state index is -0.648. The van der Waals surface area contributed by atoms with Crippen molar-refractivity contribution in [1.82, 2.24) is 5.32 Å². The third-order valence-corrected chi connectivity index (χ3v) is 4.69. The molecule has 1 amide bonds. The summed E-state index contributed by atoms with van der Waals surface area (Å²) in [6.45, 7) is 3.14. The molecule has 1 aromatic heterocycles. The molecule has 1 heterocycles. The average Bonchev–Trinajstić information content (AvgIpc) is 3.15. The van der Waals surface area contributed by atoms with Gasteiger partial charge in [0.05, 0.1) is 0 Å². The fraction of sp³-hybridized carbons (Fsp3) is 0.450. The highest BCUT2D eigenvalue weighted by atomic mass is 16.6. The molecule has 1 aromatic carbocycles. The Morgan fingerprint density at radius 2 is 2.00 bits per heavy atom. The number of carbonyl (C=O) groups excluding carboxylic acids is 2. The lowest BCUT2D eigenvalue weighted by atomic mass is 10.1. The predicted octanol–water partition coefficient (Wildman–Crippen LogP) is 2.12. The van der Waals surface area contributed by atoms with Gasteiger partial charge in [-0.15, -0.1) is 0 Å². The first-order valence-corrected chi connectivity index (χ1v) is 9.14. The molecule has 0 bridgehead atoms. The van der Waals surface area contributed by atoms with E-state index in [2.05, 4.69) is 5.32 Å². The summed E-state index contributed by atoms with van der Waals surface area (Å²) in [4.78, 5) is 35.4. The van der Waals surface area contributed by atoms with E-state index in [9.17, 15) is 14.4 Å². The molecular weight excluding hydrogens is 350 g/mol. The third kappa shape index (κ3) is 4.48. The molecule has 0 aliphatic heterocycles. The molecule has 0 fully saturated rings. The van der Waals surface area contributed by atoms with Crippen LogP contribution < -0.4 is 15.7 Å². The van der Waals surface area contributed by atoms with Crippen LogP contribution in [0.2, 0.25) is 0 Å². The maximum absolute atomic E-state index is 12.0. The summed E-state index contributed by atoms with van der Waals surface area (Å²) >= 11 is 0. The highest BCUT2D eigenvalue weighted by molar-refractivity contribution is 5.83. The Morgan fingerprint density at radius 1 is 1.22 bits per heavy atom. The number of esters is 1. The van der Waals surface area contributed by atoms with Crippen LogP contribution in [0.15, 0.2) is 27.4 Å². The van der Waals surface area contributed by atoms with Gasteiger partial charge in [0, 0.05) is 23.1 Å². The Kier molecular flexibility index (Phi) is 5.78. The normalized spacial score (nSPS) is 13.9. The van der Waals surface area contributed by atoms with E-state index < -0.39 is 5.97 Å². The van der Waals surface area contributed by atoms with E-state index in [1.165, 1.54) is 0 Å². The lowest BCUT2D eigenvalue weighted by molar-refractivity contribution is -0.150. The van der Waals surface area contributed by atoms with Gasteiger partial charge in [-0.2, -0.15) is 0 Å². The van der Waals surface area contributed by atoms with Crippen molar-refractivity contribution < 1.29 is 23.5 Å². The van der Waals surface area contributed by atoms with Gasteiger partial charge < -0.3 is 19.2 Å². The fourth-order valence-electron chi connectivity index (χ4n) is 3.10. The lowest BCUT2D eigenvalue weighted by Crippen LogP contribution is -2.35. The topological polar surface area (TPSA) is 94.8 Å².